The van der Waals surface area contributed by atoms with Gasteiger partial charge >= 0.3 is 12.1 Å². The van der Waals surface area contributed by atoms with Gasteiger partial charge in [-0.15, -0.1) is 11.3 Å². The summed E-state index contributed by atoms with van der Waals surface area (Å²) in [5, 5.41) is 11.4. The van der Waals surface area contributed by atoms with Crippen LogP contribution in [-0.2, 0) is 21.7 Å². The molecule has 0 aliphatic carbocycles. The summed E-state index contributed by atoms with van der Waals surface area (Å²) in [6.45, 7) is 1.66. The lowest BCUT2D eigenvalue weighted by molar-refractivity contribution is -0.275. The highest BCUT2D eigenvalue weighted by molar-refractivity contribution is 7.14. The molecule has 0 fully saturated rings. The average molecular weight is 456 g/mol. The van der Waals surface area contributed by atoms with Crippen LogP contribution in [0.25, 0.3) is 0 Å². The Balaban J connectivity index is 2.01. The molecule has 28 heavy (non-hydrogen) atoms. The minimum Gasteiger partial charge on any atom is -0.481 e. The number of benzene rings is 1. The molecule has 1 aliphatic heterocycles. The van der Waals surface area contributed by atoms with Crippen molar-refractivity contribution in [3.8, 4) is 0 Å². The Morgan fingerprint density at radius 3 is 2.46 bits per heavy atom. The third-order valence-corrected chi connectivity index (χ3v) is 6.09. The highest BCUT2D eigenvalue weighted by Gasteiger charge is 2.62. The molecule has 1 N–H and O–H groups in total. The summed E-state index contributed by atoms with van der Waals surface area (Å²) in [4.78, 5) is 16.6. The minimum absolute atomic E-state index is 0.00127. The van der Waals surface area contributed by atoms with Crippen LogP contribution in [0.15, 0.2) is 23.4 Å². The minimum atomic E-state index is -4.90. The first-order valence-electron chi connectivity index (χ1n) is 7.73. The van der Waals surface area contributed by atoms with E-state index in [2.05, 4.69) is 5.16 Å². The number of carboxylic acids is 1. The van der Waals surface area contributed by atoms with Gasteiger partial charge in [-0.3, -0.25) is 4.79 Å². The second-order valence-corrected chi connectivity index (χ2v) is 8.12. The van der Waals surface area contributed by atoms with Crippen LogP contribution in [0.2, 0.25) is 10.0 Å². The fourth-order valence-corrected chi connectivity index (χ4v) is 4.43. The van der Waals surface area contributed by atoms with Crippen LogP contribution in [0.3, 0.4) is 0 Å². The number of aliphatic carboxylic acids is 1. The lowest BCUT2D eigenvalue weighted by Crippen LogP contribution is -2.42. The van der Waals surface area contributed by atoms with E-state index in [1.807, 2.05) is 0 Å². The second kappa shape index (κ2) is 7.20. The Bertz CT molecular complexity index is 966. The zero-order chi connectivity index (χ0) is 20.9. The number of nitrogens with zero attached hydrogens (tertiary/aromatic N) is 1. The molecule has 0 bridgehead atoms. The van der Waals surface area contributed by atoms with Gasteiger partial charge in [0.1, 0.15) is 5.71 Å². The smallest absolute Gasteiger partial charge is 0.435 e. The first-order valence-corrected chi connectivity index (χ1v) is 9.30. The third-order valence-electron chi connectivity index (χ3n) is 4.25. The van der Waals surface area contributed by atoms with Crippen molar-refractivity contribution in [1.29, 1.82) is 0 Å². The lowest BCUT2D eigenvalue weighted by atomic mass is 9.87. The number of aryl methyl sites for hydroxylation is 1. The molecule has 0 spiro atoms. The number of halogens is 6. The van der Waals surface area contributed by atoms with Gasteiger partial charge in [0.2, 0.25) is 0 Å². The molecular weight excluding hydrogens is 445 g/mol. The summed E-state index contributed by atoms with van der Waals surface area (Å²) in [5.41, 5.74) is -2.73. The average Bonchev–Trinajstić information content (AvgIpc) is 3.17. The normalized spacial score (nSPS) is 19.5. The Morgan fingerprint density at radius 1 is 1.32 bits per heavy atom. The highest BCUT2D eigenvalue weighted by Crippen LogP contribution is 2.50. The fourth-order valence-electron chi connectivity index (χ4n) is 2.80. The van der Waals surface area contributed by atoms with Crippen molar-refractivity contribution in [1.82, 2.24) is 0 Å². The van der Waals surface area contributed by atoms with Crippen LogP contribution in [0, 0.1) is 12.7 Å². The maximum atomic E-state index is 14.0. The van der Waals surface area contributed by atoms with Crippen LogP contribution >= 0.6 is 34.5 Å². The van der Waals surface area contributed by atoms with Crippen LogP contribution in [0.1, 0.15) is 27.3 Å². The molecule has 1 aromatic heterocycles. The van der Waals surface area contributed by atoms with Gasteiger partial charge in [0.05, 0.1) is 27.8 Å². The summed E-state index contributed by atoms with van der Waals surface area (Å²) in [6.07, 6.45) is -5.85. The van der Waals surface area contributed by atoms with Gasteiger partial charge in [0.25, 0.3) is 5.60 Å². The van der Waals surface area contributed by atoms with Gasteiger partial charge in [-0.05, 0) is 30.7 Å². The molecule has 4 nitrogen and oxygen atoms in total. The summed E-state index contributed by atoms with van der Waals surface area (Å²) in [7, 11) is 0. The van der Waals surface area contributed by atoms with E-state index in [1.165, 1.54) is 0 Å². The van der Waals surface area contributed by atoms with Crippen LogP contribution in [0.5, 0.6) is 0 Å². The number of oxime groups is 1. The molecule has 0 radical (unpaired) electrons. The summed E-state index contributed by atoms with van der Waals surface area (Å²) < 4.78 is 55.5. The summed E-state index contributed by atoms with van der Waals surface area (Å²) >= 11 is 12.4. The van der Waals surface area contributed by atoms with E-state index in [-0.39, 0.29) is 12.1 Å². The van der Waals surface area contributed by atoms with Crippen LogP contribution in [-0.4, -0.2) is 23.0 Å². The van der Waals surface area contributed by atoms with Gasteiger partial charge in [0, 0.05) is 10.4 Å². The largest absolute Gasteiger partial charge is 0.481 e. The van der Waals surface area contributed by atoms with Crippen molar-refractivity contribution in [2.24, 2.45) is 5.16 Å². The van der Waals surface area contributed by atoms with Gasteiger partial charge in [0.15, 0.2) is 5.82 Å². The van der Waals surface area contributed by atoms with Crippen molar-refractivity contribution in [2.75, 3.05) is 0 Å². The maximum Gasteiger partial charge on any atom is 0.435 e. The lowest BCUT2D eigenvalue weighted by Gasteiger charge is -2.29. The van der Waals surface area contributed by atoms with E-state index in [9.17, 15) is 22.4 Å². The SMILES string of the molecule is Cc1cc(C2=NOC(c3cc(Cl)c(F)c(Cl)c3)(C(F)(F)F)C2)sc1CC(=O)O. The summed E-state index contributed by atoms with van der Waals surface area (Å²) in [6, 6.07) is 3.18. The first kappa shape index (κ1) is 20.9. The summed E-state index contributed by atoms with van der Waals surface area (Å²) in [5.74, 6) is -2.09. The molecule has 150 valence electrons. The van der Waals surface area contributed by atoms with E-state index in [1.54, 1.807) is 13.0 Å². The van der Waals surface area contributed by atoms with Crippen molar-refractivity contribution in [3.05, 3.63) is 54.9 Å². The Hall–Kier alpha value is -1.84. The zero-order valence-corrected chi connectivity index (χ0v) is 16.4. The molecule has 1 unspecified atom stereocenters. The van der Waals surface area contributed by atoms with Crippen molar-refractivity contribution < 1.29 is 32.3 Å². The highest BCUT2D eigenvalue weighted by atomic mass is 35.5. The Labute approximate surface area is 170 Å². The number of hydrogen-bond acceptors (Lipinski definition) is 4. The van der Waals surface area contributed by atoms with Crippen molar-refractivity contribution in [2.45, 2.75) is 31.5 Å². The number of hydrogen-bond donors (Lipinski definition) is 1. The van der Waals surface area contributed by atoms with E-state index in [0.29, 0.717) is 15.3 Å². The Kier molecular flexibility index (Phi) is 5.37. The predicted molar refractivity (Wildman–Crippen MR) is 96.8 cm³/mol. The zero-order valence-electron chi connectivity index (χ0n) is 14.0. The maximum absolute atomic E-state index is 14.0. The van der Waals surface area contributed by atoms with Crippen LogP contribution in [0.4, 0.5) is 17.6 Å². The van der Waals surface area contributed by atoms with Crippen LogP contribution < -0.4 is 0 Å². The molecule has 1 aromatic carbocycles. The van der Waals surface area contributed by atoms with Gasteiger partial charge < -0.3 is 9.94 Å². The van der Waals surface area contributed by atoms with Gasteiger partial charge in [-0.2, -0.15) is 13.2 Å². The van der Waals surface area contributed by atoms with E-state index >= 15 is 0 Å². The van der Waals surface area contributed by atoms with Crippen molar-refractivity contribution in [3.63, 3.8) is 0 Å². The molecule has 1 aliphatic rings. The van der Waals surface area contributed by atoms with E-state index in [4.69, 9.17) is 33.1 Å². The quantitative estimate of drug-likeness (QED) is 0.474. The van der Waals surface area contributed by atoms with E-state index in [0.717, 1.165) is 23.5 Å². The van der Waals surface area contributed by atoms with Gasteiger partial charge in [-0.25, -0.2) is 4.39 Å². The molecular formula is C17H11Cl2F4NO3S. The van der Waals surface area contributed by atoms with Gasteiger partial charge in [-0.1, -0.05) is 28.4 Å². The molecule has 11 heteroatoms. The molecule has 3 rings (SSSR count). The fraction of sp³-hybridized carbons (Fsp3) is 0.294. The molecule has 2 aromatic rings. The second-order valence-electron chi connectivity index (χ2n) is 6.17. The molecule has 2 heterocycles. The topological polar surface area (TPSA) is 58.9 Å². The molecule has 0 saturated carbocycles. The molecule has 0 saturated heterocycles. The Morgan fingerprint density at radius 2 is 1.93 bits per heavy atom. The molecule has 1 atom stereocenters. The van der Waals surface area contributed by atoms with E-state index < -0.39 is 45.6 Å². The predicted octanol–water partition coefficient (Wildman–Crippen LogP) is 5.71. The first-order chi connectivity index (χ1) is 12.9. The number of rotatable bonds is 4. The number of thiophene rings is 1. The monoisotopic (exact) mass is 455 g/mol. The standard InChI is InChI=1S/C17H11Cl2F4NO3S/c1-7-2-13(28-12(7)5-14(25)26)11-6-16(27-24-11,17(21,22)23)8-3-9(18)15(20)10(19)4-8/h2-4H,5-6H2,1H3,(H,25,26). The third kappa shape index (κ3) is 3.58. The molecule has 0 amide bonds. The van der Waals surface area contributed by atoms with Crippen molar-refractivity contribution >= 4 is 46.2 Å². The number of carboxylic acid groups (broad SMARTS) is 1. The number of carbonyl (C=O) groups is 1. The number of alkyl halides is 3.